The molecule has 0 spiro atoms. The molecule has 2 heterocycles. The highest BCUT2D eigenvalue weighted by molar-refractivity contribution is 5.44. The quantitative estimate of drug-likeness (QED) is 0.939. The number of piperazine rings is 1. The van der Waals surface area contributed by atoms with Crippen molar-refractivity contribution in [1.29, 1.82) is 0 Å². The highest BCUT2D eigenvalue weighted by atomic mass is 15.3. The molecular weight excluding hydrogens is 286 g/mol. The second kappa shape index (κ2) is 6.96. The molecule has 1 aromatic carbocycles. The molecule has 3 rings (SSSR count). The number of hydrogen-bond donors (Lipinski definition) is 1. The van der Waals surface area contributed by atoms with Gasteiger partial charge in [-0.1, -0.05) is 29.8 Å². The Morgan fingerprint density at radius 1 is 1.00 bits per heavy atom. The van der Waals surface area contributed by atoms with Crippen molar-refractivity contribution in [2.24, 2.45) is 0 Å². The topological polar surface area (TPSA) is 44.3 Å². The van der Waals surface area contributed by atoms with E-state index in [2.05, 4.69) is 58.3 Å². The lowest BCUT2D eigenvalue weighted by atomic mass is 10.1. The summed E-state index contributed by atoms with van der Waals surface area (Å²) in [5, 5.41) is 3.42. The van der Waals surface area contributed by atoms with Gasteiger partial charge in [0.1, 0.15) is 5.82 Å². The smallest absolute Gasteiger partial charge is 0.227 e. The van der Waals surface area contributed by atoms with E-state index in [9.17, 15) is 0 Å². The zero-order chi connectivity index (χ0) is 16.2. The van der Waals surface area contributed by atoms with Crippen LogP contribution >= 0.6 is 0 Å². The number of aromatic nitrogens is 2. The van der Waals surface area contributed by atoms with E-state index in [0.29, 0.717) is 0 Å². The summed E-state index contributed by atoms with van der Waals surface area (Å²) in [6, 6.07) is 10.6. The van der Waals surface area contributed by atoms with E-state index in [4.69, 9.17) is 4.98 Å². The standard InChI is InChI=1S/C18H25N5/c1-14-4-6-16(7-5-14)13-19-17-12-15(2)20-18(21-17)23-10-8-22(3)9-11-23/h4-7,12H,8-11,13H2,1-3H3,(H,19,20,21). The molecule has 0 unspecified atom stereocenters. The number of anilines is 2. The fourth-order valence-corrected chi connectivity index (χ4v) is 2.69. The molecule has 122 valence electrons. The van der Waals surface area contributed by atoms with Crippen LogP contribution in [0.2, 0.25) is 0 Å². The van der Waals surface area contributed by atoms with Gasteiger partial charge in [0.15, 0.2) is 0 Å². The third-order valence-corrected chi connectivity index (χ3v) is 4.22. The molecule has 1 aromatic heterocycles. The molecule has 23 heavy (non-hydrogen) atoms. The van der Waals surface area contributed by atoms with Crippen LogP contribution in [-0.4, -0.2) is 48.1 Å². The molecule has 0 atom stereocenters. The predicted molar refractivity (Wildman–Crippen MR) is 95.0 cm³/mol. The van der Waals surface area contributed by atoms with Crippen LogP contribution in [0, 0.1) is 13.8 Å². The van der Waals surface area contributed by atoms with Crippen molar-refractivity contribution in [2.75, 3.05) is 43.4 Å². The Morgan fingerprint density at radius 2 is 1.70 bits per heavy atom. The Labute approximate surface area is 138 Å². The molecule has 5 heteroatoms. The van der Waals surface area contributed by atoms with Crippen LogP contribution in [-0.2, 0) is 6.54 Å². The van der Waals surface area contributed by atoms with Gasteiger partial charge in [-0.05, 0) is 26.5 Å². The number of hydrogen-bond acceptors (Lipinski definition) is 5. The summed E-state index contributed by atoms with van der Waals surface area (Å²) in [4.78, 5) is 13.9. The zero-order valence-corrected chi connectivity index (χ0v) is 14.2. The molecule has 5 nitrogen and oxygen atoms in total. The van der Waals surface area contributed by atoms with Crippen molar-refractivity contribution in [1.82, 2.24) is 14.9 Å². The van der Waals surface area contributed by atoms with Gasteiger partial charge in [0.2, 0.25) is 5.95 Å². The van der Waals surface area contributed by atoms with Crippen LogP contribution < -0.4 is 10.2 Å². The van der Waals surface area contributed by atoms with E-state index in [0.717, 1.165) is 50.2 Å². The SMILES string of the molecule is Cc1ccc(CNc2cc(C)nc(N3CCN(C)CC3)n2)cc1. The van der Waals surface area contributed by atoms with Crippen molar-refractivity contribution in [3.63, 3.8) is 0 Å². The Hall–Kier alpha value is -2.14. The van der Waals surface area contributed by atoms with Gasteiger partial charge in [0.25, 0.3) is 0 Å². The maximum Gasteiger partial charge on any atom is 0.227 e. The van der Waals surface area contributed by atoms with Crippen molar-refractivity contribution in [3.05, 3.63) is 47.2 Å². The van der Waals surface area contributed by atoms with Crippen LogP contribution in [0.5, 0.6) is 0 Å². The first-order valence-electron chi connectivity index (χ1n) is 8.19. The number of likely N-dealkylation sites (N-methyl/N-ethyl adjacent to an activating group) is 1. The Kier molecular flexibility index (Phi) is 4.76. The zero-order valence-electron chi connectivity index (χ0n) is 14.2. The highest BCUT2D eigenvalue weighted by Gasteiger charge is 2.17. The summed E-state index contributed by atoms with van der Waals surface area (Å²) in [6.45, 7) is 8.99. The molecule has 0 radical (unpaired) electrons. The van der Waals surface area contributed by atoms with E-state index < -0.39 is 0 Å². The average Bonchev–Trinajstić information content (AvgIpc) is 2.54. The van der Waals surface area contributed by atoms with Gasteiger partial charge in [-0.15, -0.1) is 0 Å². The first kappa shape index (κ1) is 15.7. The molecular formula is C18H25N5. The van der Waals surface area contributed by atoms with E-state index in [1.54, 1.807) is 0 Å². The van der Waals surface area contributed by atoms with E-state index in [1.165, 1.54) is 11.1 Å². The Bertz CT molecular complexity index is 645. The molecule has 2 aromatic rings. The summed E-state index contributed by atoms with van der Waals surface area (Å²) in [7, 11) is 2.16. The van der Waals surface area contributed by atoms with Crippen molar-refractivity contribution >= 4 is 11.8 Å². The maximum atomic E-state index is 4.70. The number of aryl methyl sites for hydroxylation is 2. The van der Waals surface area contributed by atoms with Gasteiger partial charge in [0.05, 0.1) is 0 Å². The minimum Gasteiger partial charge on any atom is -0.366 e. The number of rotatable bonds is 4. The largest absolute Gasteiger partial charge is 0.366 e. The molecule has 1 fully saturated rings. The van der Waals surface area contributed by atoms with Gasteiger partial charge in [0, 0.05) is 44.5 Å². The number of nitrogens with one attached hydrogen (secondary N) is 1. The van der Waals surface area contributed by atoms with Crippen LogP contribution in [0.4, 0.5) is 11.8 Å². The Morgan fingerprint density at radius 3 is 2.39 bits per heavy atom. The molecule has 1 aliphatic rings. The summed E-state index contributed by atoms with van der Waals surface area (Å²) in [5.41, 5.74) is 3.54. The first-order chi connectivity index (χ1) is 11.1. The Balaban J connectivity index is 1.68. The van der Waals surface area contributed by atoms with Crippen LogP contribution in [0.15, 0.2) is 30.3 Å². The van der Waals surface area contributed by atoms with E-state index >= 15 is 0 Å². The molecule has 0 aliphatic carbocycles. The van der Waals surface area contributed by atoms with Gasteiger partial charge < -0.3 is 15.1 Å². The minimum absolute atomic E-state index is 0.777. The van der Waals surface area contributed by atoms with Crippen LogP contribution in [0.1, 0.15) is 16.8 Å². The normalized spacial score (nSPS) is 15.7. The van der Waals surface area contributed by atoms with Crippen molar-refractivity contribution in [2.45, 2.75) is 20.4 Å². The second-order valence-electron chi connectivity index (χ2n) is 6.32. The monoisotopic (exact) mass is 311 g/mol. The lowest BCUT2D eigenvalue weighted by Gasteiger charge is -2.32. The molecule has 1 N–H and O–H groups in total. The average molecular weight is 311 g/mol. The van der Waals surface area contributed by atoms with E-state index in [-0.39, 0.29) is 0 Å². The van der Waals surface area contributed by atoms with Crippen LogP contribution in [0.25, 0.3) is 0 Å². The molecule has 0 bridgehead atoms. The van der Waals surface area contributed by atoms with Crippen molar-refractivity contribution < 1.29 is 0 Å². The summed E-state index contributed by atoms with van der Waals surface area (Å²) < 4.78 is 0. The number of benzene rings is 1. The summed E-state index contributed by atoms with van der Waals surface area (Å²) in [5.74, 6) is 1.73. The van der Waals surface area contributed by atoms with E-state index in [1.807, 2.05) is 13.0 Å². The van der Waals surface area contributed by atoms with Crippen LogP contribution in [0.3, 0.4) is 0 Å². The second-order valence-corrected chi connectivity index (χ2v) is 6.32. The maximum absolute atomic E-state index is 4.70. The van der Waals surface area contributed by atoms with Crippen molar-refractivity contribution in [3.8, 4) is 0 Å². The summed E-state index contributed by atoms with van der Waals surface area (Å²) >= 11 is 0. The lowest BCUT2D eigenvalue weighted by molar-refractivity contribution is 0.311. The third kappa shape index (κ3) is 4.20. The van der Waals surface area contributed by atoms with Gasteiger partial charge in [-0.25, -0.2) is 4.98 Å². The summed E-state index contributed by atoms with van der Waals surface area (Å²) in [6.07, 6.45) is 0. The first-order valence-corrected chi connectivity index (χ1v) is 8.19. The highest BCUT2D eigenvalue weighted by Crippen LogP contribution is 2.16. The fraction of sp³-hybridized carbons (Fsp3) is 0.444. The third-order valence-electron chi connectivity index (χ3n) is 4.22. The molecule has 0 saturated carbocycles. The fourth-order valence-electron chi connectivity index (χ4n) is 2.69. The molecule has 1 aliphatic heterocycles. The minimum atomic E-state index is 0.777. The lowest BCUT2D eigenvalue weighted by Crippen LogP contribution is -2.45. The van der Waals surface area contributed by atoms with Gasteiger partial charge >= 0.3 is 0 Å². The number of nitrogens with zero attached hydrogens (tertiary/aromatic N) is 4. The molecule has 0 amide bonds. The van der Waals surface area contributed by atoms with Gasteiger partial charge in [-0.2, -0.15) is 4.98 Å². The van der Waals surface area contributed by atoms with Gasteiger partial charge in [-0.3, -0.25) is 0 Å². The molecule has 1 saturated heterocycles. The predicted octanol–water partition coefficient (Wildman–Crippen LogP) is 2.46.